The van der Waals surface area contributed by atoms with E-state index < -0.39 is 9.05 Å². The third-order valence-electron chi connectivity index (χ3n) is 2.48. The van der Waals surface area contributed by atoms with Gasteiger partial charge in [0.05, 0.1) is 4.90 Å². The summed E-state index contributed by atoms with van der Waals surface area (Å²) in [6, 6.07) is 4.53. The van der Waals surface area contributed by atoms with Crippen molar-refractivity contribution in [2.75, 3.05) is 5.32 Å². The quantitative estimate of drug-likeness (QED) is 0.847. The van der Waals surface area contributed by atoms with Gasteiger partial charge >= 0.3 is 0 Å². The standard InChI is InChI=1S/C12H16ClNO3S/c1-3-4-5-12(15)14-10-6-7-11(9(2)8-10)18(13,16)17/h6-8H,3-5H2,1-2H3,(H,14,15). The summed E-state index contributed by atoms with van der Waals surface area (Å²) in [6.45, 7) is 3.65. The Morgan fingerprint density at radius 3 is 2.56 bits per heavy atom. The Kier molecular flexibility index (Phi) is 5.16. The first-order chi connectivity index (χ1) is 8.34. The third kappa shape index (κ3) is 4.31. The van der Waals surface area contributed by atoms with Gasteiger partial charge in [-0.3, -0.25) is 4.79 Å². The van der Waals surface area contributed by atoms with E-state index in [2.05, 4.69) is 5.32 Å². The fourth-order valence-electron chi connectivity index (χ4n) is 1.56. The Bertz CT molecular complexity index is 540. The molecule has 1 N–H and O–H groups in total. The minimum Gasteiger partial charge on any atom is -0.326 e. The summed E-state index contributed by atoms with van der Waals surface area (Å²) in [4.78, 5) is 11.6. The van der Waals surface area contributed by atoms with Gasteiger partial charge in [-0.05, 0) is 37.1 Å². The molecule has 100 valence electrons. The molecule has 4 nitrogen and oxygen atoms in total. The summed E-state index contributed by atoms with van der Waals surface area (Å²) >= 11 is 0. The molecular formula is C12H16ClNO3S. The number of nitrogens with one attached hydrogen (secondary N) is 1. The van der Waals surface area contributed by atoms with Crippen molar-refractivity contribution in [2.24, 2.45) is 0 Å². The largest absolute Gasteiger partial charge is 0.326 e. The maximum atomic E-state index is 11.5. The number of halogens is 1. The number of aryl methyl sites for hydroxylation is 1. The molecule has 0 atom stereocenters. The van der Waals surface area contributed by atoms with E-state index in [1.54, 1.807) is 13.0 Å². The van der Waals surface area contributed by atoms with Crippen molar-refractivity contribution in [3.05, 3.63) is 23.8 Å². The zero-order chi connectivity index (χ0) is 13.8. The molecule has 1 amide bonds. The van der Waals surface area contributed by atoms with Crippen LogP contribution in [-0.4, -0.2) is 14.3 Å². The van der Waals surface area contributed by atoms with E-state index in [4.69, 9.17) is 10.7 Å². The maximum absolute atomic E-state index is 11.5. The minimum atomic E-state index is -3.73. The van der Waals surface area contributed by atoms with Crippen molar-refractivity contribution >= 4 is 31.3 Å². The molecule has 0 aromatic heterocycles. The van der Waals surface area contributed by atoms with Gasteiger partial charge < -0.3 is 5.32 Å². The van der Waals surface area contributed by atoms with E-state index in [0.717, 1.165) is 12.8 Å². The second-order valence-corrected chi connectivity index (χ2v) is 6.60. The molecule has 1 aromatic carbocycles. The molecule has 0 aliphatic carbocycles. The highest BCUT2D eigenvalue weighted by molar-refractivity contribution is 8.13. The maximum Gasteiger partial charge on any atom is 0.261 e. The van der Waals surface area contributed by atoms with Gasteiger partial charge in [0.25, 0.3) is 9.05 Å². The first-order valence-corrected chi connectivity index (χ1v) is 8.00. The van der Waals surface area contributed by atoms with Crippen molar-refractivity contribution in [2.45, 2.75) is 38.0 Å². The number of hydrogen-bond donors (Lipinski definition) is 1. The molecule has 0 saturated carbocycles. The summed E-state index contributed by atoms with van der Waals surface area (Å²) in [5, 5.41) is 2.72. The van der Waals surface area contributed by atoms with Crippen molar-refractivity contribution in [1.82, 2.24) is 0 Å². The van der Waals surface area contributed by atoms with Crippen LogP contribution in [0.2, 0.25) is 0 Å². The predicted octanol–water partition coefficient (Wildman–Crippen LogP) is 3.05. The Balaban J connectivity index is 2.82. The molecule has 18 heavy (non-hydrogen) atoms. The summed E-state index contributed by atoms with van der Waals surface area (Å²) in [7, 11) is 1.54. The average molecular weight is 290 g/mol. The van der Waals surface area contributed by atoms with Crippen LogP contribution in [0.25, 0.3) is 0 Å². The number of unbranched alkanes of at least 4 members (excludes halogenated alkanes) is 1. The first-order valence-electron chi connectivity index (χ1n) is 5.69. The molecule has 1 rings (SSSR count). The second kappa shape index (κ2) is 6.20. The molecule has 0 saturated heterocycles. The summed E-state index contributed by atoms with van der Waals surface area (Å²) in [5.41, 5.74) is 1.09. The average Bonchev–Trinajstić information content (AvgIpc) is 2.24. The molecular weight excluding hydrogens is 274 g/mol. The normalized spacial score (nSPS) is 11.3. The van der Waals surface area contributed by atoms with Gasteiger partial charge in [0.1, 0.15) is 0 Å². The van der Waals surface area contributed by atoms with Gasteiger partial charge in [-0.25, -0.2) is 8.42 Å². The predicted molar refractivity (Wildman–Crippen MR) is 72.4 cm³/mol. The fourth-order valence-corrected chi connectivity index (χ4v) is 2.76. The lowest BCUT2D eigenvalue weighted by atomic mass is 10.2. The molecule has 0 aliphatic heterocycles. The third-order valence-corrected chi connectivity index (χ3v) is 3.96. The molecule has 0 radical (unpaired) electrons. The van der Waals surface area contributed by atoms with Crippen LogP contribution < -0.4 is 5.32 Å². The topological polar surface area (TPSA) is 63.2 Å². The summed E-state index contributed by atoms with van der Waals surface area (Å²) in [5.74, 6) is -0.0715. The second-order valence-electron chi connectivity index (χ2n) is 4.07. The van der Waals surface area contributed by atoms with Crippen LogP contribution in [0.1, 0.15) is 31.7 Å². The molecule has 0 aliphatic rings. The number of anilines is 1. The molecule has 0 unspecified atom stereocenters. The molecule has 0 spiro atoms. The van der Waals surface area contributed by atoms with Gasteiger partial charge in [0.15, 0.2) is 0 Å². The summed E-state index contributed by atoms with van der Waals surface area (Å²) < 4.78 is 22.4. The number of hydrogen-bond acceptors (Lipinski definition) is 3. The molecule has 0 heterocycles. The molecule has 0 fully saturated rings. The van der Waals surface area contributed by atoms with Gasteiger partial charge in [-0.1, -0.05) is 13.3 Å². The lowest BCUT2D eigenvalue weighted by molar-refractivity contribution is -0.116. The number of amides is 1. The highest BCUT2D eigenvalue weighted by atomic mass is 35.7. The highest BCUT2D eigenvalue weighted by Crippen LogP contribution is 2.22. The lowest BCUT2D eigenvalue weighted by Gasteiger charge is -2.07. The van der Waals surface area contributed by atoms with Crippen molar-refractivity contribution in [3.63, 3.8) is 0 Å². The Labute approximate surface area is 112 Å². The number of rotatable bonds is 5. The number of carbonyl (C=O) groups excluding carboxylic acids is 1. The zero-order valence-electron chi connectivity index (χ0n) is 10.4. The number of benzene rings is 1. The van der Waals surface area contributed by atoms with Crippen LogP contribution in [0.3, 0.4) is 0 Å². The Morgan fingerprint density at radius 1 is 1.39 bits per heavy atom. The zero-order valence-corrected chi connectivity index (χ0v) is 11.9. The minimum absolute atomic E-state index is 0.0655. The van der Waals surface area contributed by atoms with Gasteiger partial charge in [-0.2, -0.15) is 0 Å². The van der Waals surface area contributed by atoms with Crippen LogP contribution in [0, 0.1) is 6.92 Å². The number of carbonyl (C=O) groups is 1. The van der Waals surface area contributed by atoms with Crippen LogP contribution in [-0.2, 0) is 13.8 Å². The van der Waals surface area contributed by atoms with Crippen molar-refractivity contribution in [1.29, 1.82) is 0 Å². The molecule has 6 heteroatoms. The van der Waals surface area contributed by atoms with Crippen LogP contribution in [0.4, 0.5) is 5.69 Å². The highest BCUT2D eigenvalue weighted by Gasteiger charge is 2.13. The lowest BCUT2D eigenvalue weighted by Crippen LogP contribution is -2.11. The van der Waals surface area contributed by atoms with Gasteiger partial charge in [-0.15, -0.1) is 0 Å². The van der Waals surface area contributed by atoms with Crippen molar-refractivity contribution < 1.29 is 13.2 Å². The fraction of sp³-hybridized carbons (Fsp3) is 0.417. The summed E-state index contributed by atoms with van der Waals surface area (Å²) in [6.07, 6.45) is 2.25. The van der Waals surface area contributed by atoms with Crippen molar-refractivity contribution in [3.8, 4) is 0 Å². The van der Waals surface area contributed by atoms with E-state index >= 15 is 0 Å². The van der Waals surface area contributed by atoms with E-state index in [-0.39, 0.29) is 10.8 Å². The van der Waals surface area contributed by atoms with E-state index in [0.29, 0.717) is 17.7 Å². The molecule has 0 bridgehead atoms. The van der Waals surface area contributed by atoms with E-state index in [9.17, 15) is 13.2 Å². The van der Waals surface area contributed by atoms with Gasteiger partial charge in [0.2, 0.25) is 5.91 Å². The Morgan fingerprint density at radius 2 is 2.06 bits per heavy atom. The van der Waals surface area contributed by atoms with Gasteiger partial charge in [0, 0.05) is 22.8 Å². The molecule has 1 aromatic rings. The first kappa shape index (κ1) is 15.0. The van der Waals surface area contributed by atoms with Crippen LogP contribution in [0.15, 0.2) is 23.1 Å². The smallest absolute Gasteiger partial charge is 0.261 e. The monoisotopic (exact) mass is 289 g/mol. The Hall–Kier alpha value is -1.07. The van der Waals surface area contributed by atoms with E-state index in [1.807, 2.05) is 6.92 Å². The SMILES string of the molecule is CCCCC(=O)Nc1ccc(S(=O)(=O)Cl)c(C)c1. The van der Waals surface area contributed by atoms with E-state index in [1.165, 1.54) is 12.1 Å². The van der Waals surface area contributed by atoms with Crippen LogP contribution in [0.5, 0.6) is 0 Å². The van der Waals surface area contributed by atoms with Crippen LogP contribution >= 0.6 is 10.7 Å².